The van der Waals surface area contributed by atoms with Gasteiger partial charge in [0.05, 0.1) is 5.69 Å². The first kappa shape index (κ1) is 14.0. The molecule has 2 aromatic rings. The first-order chi connectivity index (χ1) is 7.43. The minimum absolute atomic E-state index is 0. The molecule has 92 valence electrons. The van der Waals surface area contributed by atoms with Crippen molar-refractivity contribution in [3.63, 3.8) is 0 Å². The van der Waals surface area contributed by atoms with Crippen LogP contribution in [0.3, 0.4) is 0 Å². The Morgan fingerprint density at radius 1 is 1.06 bits per heavy atom. The van der Waals surface area contributed by atoms with Gasteiger partial charge in [0, 0.05) is 30.8 Å². The third-order valence-corrected chi connectivity index (χ3v) is 2.76. The van der Waals surface area contributed by atoms with Crippen LogP contribution in [-0.2, 0) is 13.0 Å². The van der Waals surface area contributed by atoms with E-state index in [0.717, 1.165) is 30.9 Å². The fourth-order valence-electron chi connectivity index (χ4n) is 1.95. The standard InChI is InChI=1S/C12H13N3.2ClH/c1-2-4-9(5-3-1)12-14-10-6-7-13-8-11(10)15-12;;/h1-5,13H,6-8H2,(H,14,15);2*1H. The molecule has 0 atom stereocenters. The van der Waals surface area contributed by atoms with Gasteiger partial charge in [0.25, 0.3) is 0 Å². The van der Waals surface area contributed by atoms with Crippen LogP contribution in [0.25, 0.3) is 11.4 Å². The highest BCUT2D eigenvalue weighted by Gasteiger charge is 2.14. The maximum atomic E-state index is 4.60. The summed E-state index contributed by atoms with van der Waals surface area (Å²) < 4.78 is 0. The first-order valence-corrected chi connectivity index (χ1v) is 5.27. The summed E-state index contributed by atoms with van der Waals surface area (Å²) in [5.74, 6) is 0.990. The van der Waals surface area contributed by atoms with Gasteiger partial charge in [-0.15, -0.1) is 24.8 Å². The number of benzene rings is 1. The molecule has 1 aromatic carbocycles. The summed E-state index contributed by atoms with van der Waals surface area (Å²) in [4.78, 5) is 8.00. The highest BCUT2D eigenvalue weighted by molar-refractivity contribution is 5.85. The maximum absolute atomic E-state index is 4.60. The van der Waals surface area contributed by atoms with E-state index in [-0.39, 0.29) is 24.8 Å². The number of hydrogen-bond acceptors (Lipinski definition) is 2. The summed E-state index contributed by atoms with van der Waals surface area (Å²) in [5.41, 5.74) is 3.61. The molecule has 5 heteroatoms. The van der Waals surface area contributed by atoms with Crippen molar-refractivity contribution in [3.8, 4) is 11.4 Å². The maximum Gasteiger partial charge on any atom is 0.137 e. The van der Waals surface area contributed by atoms with E-state index in [1.54, 1.807) is 0 Å². The zero-order valence-electron chi connectivity index (χ0n) is 9.27. The van der Waals surface area contributed by atoms with E-state index in [1.165, 1.54) is 11.4 Å². The van der Waals surface area contributed by atoms with Crippen molar-refractivity contribution < 1.29 is 0 Å². The van der Waals surface area contributed by atoms with Crippen LogP contribution in [-0.4, -0.2) is 16.5 Å². The minimum atomic E-state index is 0. The monoisotopic (exact) mass is 271 g/mol. The summed E-state index contributed by atoms with van der Waals surface area (Å²) in [6.07, 6.45) is 1.05. The Morgan fingerprint density at radius 3 is 2.53 bits per heavy atom. The number of hydrogen-bond donors (Lipinski definition) is 2. The Morgan fingerprint density at radius 2 is 1.82 bits per heavy atom. The molecule has 1 aromatic heterocycles. The molecule has 0 radical (unpaired) electrons. The molecule has 0 aliphatic carbocycles. The molecule has 3 nitrogen and oxygen atoms in total. The first-order valence-electron chi connectivity index (χ1n) is 5.27. The van der Waals surface area contributed by atoms with Crippen molar-refractivity contribution >= 4 is 24.8 Å². The van der Waals surface area contributed by atoms with Crippen molar-refractivity contribution in [2.24, 2.45) is 0 Å². The summed E-state index contributed by atoms with van der Waals surface area (Å²) in [5, 5.41) is 3.32. The number of halogens is 2. The molecule has 2 N–H and O–H groups in total. The number of imidazole rings is 1. The molecule has 0 bridgehead atoms. The number of nitrogens with zero attached hydrogens (tertiary/aromatic N) is 1. The Labute approximate surface area is 113 Å². The van der Waals surface area contributed by atoms with Crippen molar-refractivity contribution in [1.29, 1.82) is 0 Å². The molecule has 0 amide bonds. The lowest BCUT2D eigenvalue weighted by Gasteiger charge is -2.09. The molecule has 1 aliphatic rings. The average Bonchev–Trinajstić information content (AvgIpc) is 2.74. The third-order valence-electron chi connectivity index (χ3n) is 2.76. The van der Waals surface area contributed by atoms with Gasteiger partial charge in [0.2, 0.25) is 0 Å². The van der Waals surface area contributed by atoms with Gasteiger partial charge in [0.1, 0.15) is 5.82 Å². The number of rotatable bonds is 1. The van der Waals surface area contributed by atoms with Crippen LogP contribution in [0.4, 0.5) is 0 Å². The Hall–Kier alpha value is -1.03. The molecule has 0 fully saturated rings. The Bertz CT molecular complexity index is 444. The predicted octanol–water partition coefficient (Wildman–Crippen LogP) is 2.57. The lowest BCUT2D eigenvalue weighted by Crippen LogP contribution is -2.23. The largest absolute Gasteiger partial charge is 0.342 e. The molecule has 0 unspecified atom stereocenters. The molecule has 0 saturated carbocycles. The SMILES string of the molecule is Cl.Cl.c1ccc(-c2nc3c([nH]2)CCNC3)cc1. The minimum Gasteiger partial charge on any atom is -0.342 e. The highest BCUT2D eigenvalue weighted by Crippen LogP contribution is 2.19. The smallest absolute Gasteiger partial charge is 0.137 e. The van der Waals surface area contributed by atoms with Gasteiger partial charge >= 0.3 is 0 Å². The van der Waals surface area contributed by atoms with Crippen LogP contribution in [0.5, 0.6) is 0 Å². The van der Waals surface area contributed by atoms with Crippen LogP contribution in [0, 0.1) is 0 Å². The lowest BCUT2D eigenvalue weighted by atomic mass is 10.2. The number of aromatic amines is 1. The van der Waals surface area contributed by atoms with Gasteiger partial charge in [-0.3, -0.25) is 0 Å². The summed E-state index contributed by atoms with van der Waals surface area (Å²) in [6.45, 7) is 1.93. The van der Waals surface area contributed by atoms with Gasteiger partial charge in [-0.2, -0.15) is 0 Å². The van der Waals surface area contributed by atoms with Crippen LogP contribution in [0.1, 0.15) is 11.4 Å². The van der Waals surface area contributed by atoms with E-state index in [4.69, 9.17) is 0 Å². The van der Waals surface area contributed by atoms with Crippen molar-refractivity contribution in [3.05, 3.63) is 41.7 Å². The zero-order valence-corrected chi connectivity index (χ0v) is 10.9. The summed E-state index contributed by atoms with van der Waals surface area (Å²) in [6, 6.07) is 10.3. The van der Waals surface area contributed by atoms with Gasteiger partial charge < -0.3 is 10.3 Å². The van der Waals surface area contributed by atoms with E-state index < -0.39 is 0 Å². The van der Waals surface area contributed by atoms with Gasteiger partial charge in [-0.1, -0.05) is 30.3 Å². The van der Waals surface area contributed by atoms with Crippen molar-refractivity contribution in [2.75, 3.05) is 6.54 Å². The Balaban J connectivity index is 0.000000722. The van der Waals surface area contributed by atoms with E-state index in [1.807, 2.05) is 18.2 Å². The van der Waals surface area contributed by atoms with Crippen molar-refractivity contribution in [1.82, 2.24) is 15.3 Å². The summed E-state index contributed by atoms with van der Waals surface area (Å²) in [7, 11) is 0. The second-order valence-electron chi connectivity index (χ2n) is 3.80. The number of nitrogens with one attached hydrogen (secondary N) is 2. The van der Waals surface area contributed by atoms with Crippen LogP contribution in [0.15, 0.2) is 30.3 Å². The molecular formula is C12H15Cl2N3. The number of aromatic nitrogens is 2. The normalized spacial score (nSPS) is 13.2. The van der Waals surface area contributed by atoms with Gasteiger partial charge in [-0.25, -0.2) is 4.98 Å². The van der Waals surface area contributed by atoms with Crippen LogP contribution in [0.2, 0.25) is 0 Å². The van der Waals surface area contributed by atoms with E-state index in [2.05, 4.69) is 27.4 Å². The van der Waals surface area contributed by atoms with E-state index in [0.29, 0.717) is 0 Å². The van der Waals surface area contributed by atoms with Gasteiger partial charge in [0.15, 0.2) is 0 Å². The second kappa shape index (κ2) is 6.05. The van der Waals surface area contributed by atoms with Crippen molar-refractivity contribution in [2.45, 2.75) is 13.0 Å². The van der Waals surface area contributed by atoms with Crippen LogP contribution >= 0.6 is 24.8 Å². The topological polar surface area (TPSA) is 40.7 Å². The average molecular weight is 272 g/mol. The molecule has 0 spiro atoms. The fraction of sp³-hybridized carbons (Fsp3) is 0.250. The quantitative estimate of drug-likeness (QED) is 0.837. The Kier molecular flexibility index (Phi) is 5.00. The molecule has 17 heavy (non-hydrogen) atoms. The number of fused-ring (bicyclic) bond motifs is 1. The lowest BCUT2D eigenvalue weighted by molar-refractivity contribution is 0.627. The second-order valence-corrected chi connectivity index (χ2v) is 3.80. The third kappa shape index (κ3) is 2.80. The fourth-order valence-corrected chi connectivity index (χ4v) is 1.95. The predicted molar refractivity (Wildman–Crippen MR) is 73.9 cm³/mol. The zero-order chi connectivity index (χ0) is 10.1. The molecule has 1 aliphatic heterocycles. The molecule has 3 rings (SSSR count). The highest BCUT2D eigenvalue weighted by atomic mass is 35.5. The summed E-state index contributed by atoms with van der Waals surface area (Å²) >= 11 is 0. The van der Waals surface area contributed by atoms with Crippen LogP contribution < -0.4 is 5.32 Å². The molecule has 0 saturated heterocycles. The number of H-pyrrole nitrogens is 1. The van der Waals surface area contributed by atoms with E-state index in [9.17, 15) is 0 Å². The molecular weight excluding hydrogens is 257 g/mol. The van der Waals surface area contributed by atoms with Gasteiger partial charge in [-0.05, 0) is 0 Å². The van der Waals surface area contributed by atoms with E-state index >= 15 is 0 Å². The molecule has 2 heterocycles.